The van der Waals surface area contributed by atoms with Crippen LogP contribution in [0.2, 0.25) is 0 Å². The van der Waals surface area contributed by atoms with Gasteiger partial charge in [0.25, 0.3) is 0 Å². The molecule has 5 nitrogen and oxygen atoms in total. The number of nitrogens with zero attached hydrogens (tertiary/aromatic N) is 1. The van der Waals surface area contributed by atoms with E-state index in [0.717, 1.165) is 36.4 Å². The molecule has 0 saturated carbocycles. The van der Waals surface area contributed by atoms with E-state index < -0.39 is 0 Å². The molecular weight excluding hydrogens is 256 g/mol. The number of carbonyl (C=O) groups is 1. The smallest absolute Gasteiger partial charge is 0.239 e. The quantitative estimate of drug-likeness (QED) is 0.885. The van der Waals surface area contributed by atoms with Gasteiger partial charge in [-0.1, -0.05) is 0 Å². The fourth-order valence-corrected chi connectivity index (χ4v) is 2.55. The average molecular weight is 278 g/mol. The van der Waals surface area contributed by atoms with Crippen LogP contribution in [0.5, 0.6) is 11.5 Å². The number of likely N-dealkylation sites (tertiary alicyclic amines) is 1. The summed E-state index contributed by atoms with van der Waals surface area (Å²) >= 11 is 0. The SMILES string of the molecule is CNC1CCCN(Cc2ccc(OC)cc2OC)C1=O. The van der Waals surface area contributed by atoms with Crippen molar-refractivity contribution in [3.8, 4) is 11.5 Å². The van der Waals surface area contributed by atoms with E-state index in [-0.39, 0.29) is 11.9 Å². The van der Waals surface area contributed by atoms with Gasteiger partial charge in [-0.2, -0.15) is 0 Å². The lowest BCUT2D eigenvalue weighted by atomic mass is 10.0. The highest BCUT2D eigenvalue weighted by molar-refractivity contribution is 5.82. The summed E-state index contributed by atoms with van der Waals surface area (Å²) in [6.07, 6.45) is 1.93. The van der Waals surface area contributed by atoms with Crippen molar-refractivity contribution < 1.29 is 14.3 Å². The first-order valence-electron chi connectivity index (χ1n) is 6.86. The van der Waals surface area contributed by atoms with Gasteiger partial charge in [-0.25, -0.2) is 0 Å². The van der Waals surface area contributed by atoms with Crippen LogP contribution in [0.3, 0.4) is 0 Å². The third kappa shape index (κ3) is 3.04. The second-order valence-electron chi connectivity index (χ2n) is 4.92. The average Bonchev–Trinajstić information content (AvgIpc) is 2.49. The van der Waals surface area contributed by atoms with Gasteiger partial charge in [-0.05, 0) is 32.0 Å². The summed E-state index contributed by atoms with van der Waals surface area (Å²) in [6.45, 7) is 1.37. The second-order valence-corrected chi connectivity index (χ2v) is 4.92. The molecule has 0 aliphatic carbocycles. The van der Waals surface area contributed by atoms with Crippen molar-refractivity contribution in [2.45, 2.75) is 25.4 Å². The van der Waals surface area contributed by atoms with Gasteiger partial charge in [-0.15, -0.1) is 0 Å². The number of benzene rings is 1. The Morgan fingerprint density at radius 3 is 2.80 bits per heavy atom. The molecule has 1 aliphatic heterocycles. The van der Waals surface area contributed by atoms with Gasteiger partial charge in [0.1, 0.15) is 11.5 Å². The molecule has 1 amide bonds. The molecule has 1 aliphatic rings. The highest BCUT2D eigenvalue weighted by Gasteiger charge is 2.27. The summed E-state index contributed by atoms with van der Waals surface area (Å²) < 4.78 is 10.6. The lowest BCUT2D eigenvalue weighted by molar-refractivity contribution is -0.136. The van der Waals surface area contributed by atoms with Crippen molar-refractivity contribution in [1.29, 1.82) is 0 Å². The molecule has 1 aromatic carbocycles. The minimum absolute atomic E-state index is 0.0620. The lowest BCUT2D eigenvalue weighted by Crippen LogP contribution is -2.49. The molecule has 1 fully saturated rings. The van der Waals surface area contributed by atoms with E-state index in [1.807, 2.05) is 30.1 Å². The molecule has 1 unspecified atom stereocenters. The molecule has 110 valence electrons. The Morgan fingerprint density at radius 2 is 2.15 bits per heavy atom. The molecule has 1 saturated heterocycles. The summed E-state index contributed by atoms with van der Waals surface area (Å²) in [6, 6.07) is 5.63. The number of hydrogen-bond acceptors (Lipinski definition) is 4. The molecular formula is C15H22N2O3. The van der Waals surface area contributed by atoms with E-state index in [1.165, 1.54) is 0 Å². The number of ether oxygens (including phenoxy) is 2. The number of carbonyl (C=O) groups excluding carboxylic acids is 1. The molecule has 1 heterocycles. The van der Waals surface area contributed by atoms with Crippen LogP contribution in [0.25, 0.3) is 0 Å². The largest absolute Gasteiger partial charge is 0.497 e. The number of piperidine rings is 1. The zero-order valence-corrected chi connectivity index (χ0v) is 12.3. The zero-order valence-electron chi connectivity index (χ0n) is 12.3. The molecule has 0 radical (unpaired) electrons. The molecule has 1 atom stereocenters. The van der Waals surface area contributed by atoms with Crippen molar-refractivity contribution >= 4 is 5.91 Å². The molecule has 0 aromatic heterocycles. The summed E-state index contributed by atoms with van der Waals surface area (Å²) in [5.41, 5.74) is 0.999. The van der Waals surface area contributed by atoms with Crippen LogP contribution in [0.1, 0.15) is 18.4 Å². The number of rotatable bonds is 5. The van der Waals surface area contributed by atoms with E-state index in [0.29, 0.717) is 6.54 Å². The fourth-order valence-electron chi connectivity index (χ4n) is 2.55. The summed E-state index contributed by atoms with van der Waals surface area (Å²) in [5, 5.41) is 3.07. The number of likely N-dealkylation sites (N-methyl/N-ethyl adjacent to an activating group) is 1. The fraction of sp³-hybridized carbons (Fsp3) is 0.533. The Morgan fingerprint density at radius 1 is 1.35 bits per heavy atom. The predicted molar refractivity (Wildman–Crippen MR) is 77.0 cm³/mol. The normalized spacial score (nSPS) is 19.1. The van der Waals surface area contributed by atoms with Gasteiger partial charge < -0.3 is 19.7 Å². The Bertz CT molecular complexity index is 476. The lowest BCUT2D eigenvalue weighted by Gasteiger charge is -2.32. The van der Waals surface area contributed by atoms with Crippen LogP contribution >= 0.6 is 0 Å². The number of nitrogens with one attached hydrogen (secondary N) is 1. The van der Waals surface area contributed by atoms with Crippen molar-refractivity contribution in [3.63, 3.8) is 0 Å². The van der Waals surface area contributed by atoms with E-state index in [9.17, 15) is 4.79 Å². The van der Waals surface area contributed by atoms with Gasteiger partial charge in [0.15, 0.2) is 0 Å². The third-order valence-electron chi connectivity index (χ3n) is 3.73. The number of methoxy groups -OCH3 is 2. The highest BCUT2D eigenvalue weighted by atomic mass is 16.5. The maximum absolute atomic E-state index is 12.3. The van der Waals surface area contributed by atoms with Gasteiger partial charge >= 0.3 is 0 Å². The molecule has 1 aromatic rings. The third-order valence-corrected chi connectivity index (χ3v) is 3.73. The van der Waals surface area contributed by atoms with Gasteiger partial charge in [0, 0.05) is 24.7 Å². The predicted octanol–water partition coefficient (Wildman–Crippen LogP) is 1.41. The van der Waals surface area contributed by atoms with Crippen LogP contribution in [0.15, 0.2) is 18.2 Å². The molecule has 2 rings (SSSR count). The number of amides is 1. The van der Waals surface area contributed by atoms with Crippen molar-refractivity contribution in [3.05, 3.63) is 23.8 Å². The van der Waals surface area contributed by atoms with Crippen molar-refractivity contribution in [2.24, 2.45) is 0 Å². The van der Waals surface area contributed by atoms with Crippen LogP contribution < -0.4 is 14.8 Å². The molecule has 0 bridgehead atoms. The Balaban J connectivity index is 2.14. The summed E-state index contributed by atoms with van der Waals surface area (Å²) in [4.78, 5) is 14.2. The summed E-state index contributed by atoms with van der Waals surface area (Å²) in [7, 11) is 5.09. The van der Waals surface area contributed by atoms with Gasteiger partial charge in [-0.3, -0.25) is 4.79 Å². The Hall–Kier alpha value is -1.75. The summed E-state index contributed by atoms with van der Waals surface area (Å²) in [5.74, 6) is 1.67. The van der Waals surface area contributed by atoms with E-state index >= 15 is 0 Å². The minimum Gasteiger partial charge on any atom is -0.497 e. The van der Waals surface area contributed by atoms with E-state index in [1.54, 1.807) is 14.2 Å². The zero-order chi connectivity index (χ0) is 14.5. The molecule has 20 heavy (non-hydrogen) atoms. The molecule has 0 spiro atoms. The topological polar surface area (TPSA) is 50.8 Å². The van der Waals surface area contributed by atoms with Gasteiger partial charge in [0.05, 0.1) is 20.3 Å². The number of hydrogen-bond donors (Lipinski definition) is 1. The Labute approximate surface area is 119 Å². The first-order valence-corrected chi connectivity index (χ1v) is 6.86. The highest BCUT2D eigenvalue weighted by Crippen LogP contribution is 2.26. The minimum atomic E-state index is -0.0620. The molecule has 5 heteroatoms. The van der Waals surface area contributed by atoms with Crippen LogP contribution in [-0.2, 0) is 11.3 Å². The first kappa shape index (κ1) is 14.7. The van der Waals surface area contributed by atoms with Crippen molar-refractivity contribution in [2.75, 3.05) is 27.8 Å². The van der Waals surface area contributed by atoms with E-state index in [4.69, 9.17) is 9.47 Å². The second kappa shape index (κ2) is 6.61. The molecule has 1 N–H and O–H groups in total. The van der Waals surface area contributed by atoms with Crippen LogP contribution in [-0.4, -0.2) is 44.7 Å². The Kier molecular flexibility index (Phi) is 4.84. The van der Waals surface area contributed by atoms with Crippen LogP contribution in [0, 0.1) is 0 Å². The maximum atomic E-state index is 12.3. The first-order chi connectivity index (χ1) is 9.69. The van der Waals surface area contributed by atoms with Crippen LogP contribution in [0.4, 0.5) is 0 Å². The van der Waals surface area contributed by atoms with E-state index in [2.05, 4.69) is 5.32 Å². The van der Waals surface area contributed by atoms with Crippen molar-refractivity contribution in [1.82, 2.24) is 10.2 Å². The monoisotopic (exact) mass is 278 g/mol. The standard InChI is InChI=1S/C15H22N2O3/c1-16-13-5-4-8-17(15(13)18)10-11-6-7-12(19-2)9-14(11)20-3/h6-7,9,13,16H,4-5,8,10H2,1-3H3. The maximum Gasteiger partial charge on any atom is 0.239 e. The van der Waals surface area contributed by atoms with Gasteiger partial charge in [0.2, 0.25) is 5.91 Å².